The Morgan fingerprint density at radius 2 is 1.88 bits per heavy atom. The summed E-state index contributed by atoms with van der Waals surface area (Å²) in [5.74, 6) is -0.337. The number of thioether (sulfide) groups is 1. The molecular weight excluding hydrogens is 739 g/mol. The number of fused-ring (bicyclic) bond motifs is 10. The first-order valence-electron chi connectivity index (χ1n) is 18.8. The predicted octanol–water partition coefficient (Wildman–Crippen LogP) is 3.58. The number of nitrogens with zero attached hydrogens (tertiary/aromatic N) is 3. The molecule has 11 rings (SSSR count). The van der Waals surface area contributed by atoms with Gasteiger partial charge in [-0.3, -0.25) is 29.5 Å². The van der Waals surface area contributed by atoms with Crippen molar-refractivity contribution in [2.24, 2.45) is 0 Å². The quantitative estimate of drug-likeness (QED) is 0.220. The highest BCUT2D eigenvalue weighted by Crippen LogP contribution is 2.63. The van der Waals surface area contributed by atoms with Crippen LogP contribution in [0, 0.1) is 18.3 Å². The van der Waals surface area contributed by atoms with Crippen LogP contribution in [-0.2, 0) is 40.6 Å². The van der Waals surface area contributed by atoms with E-state index in [1.165, 1.54) is 25.8 Å². The van der Waals surface area contributed by atoms with E-state index in [9.17, 15) is 24.4 Å². The lowest BCUT2D eigenvalue weighted by Crippen LogP contribution is -2.73. The van der Waals surface area contributed by atoms with Crippen molar-refractivity contribution in [3.05, 3.63) is 74.7 Å². The minimum Gasteiger partial charge on any atom is -0.492 e. The number of methoxy groups -OCH3 is 1. The van der Waals surface area contributed by atoms with Crippen LogP contribution in [-0.4, -0.2) is 102 Å². The third kappa shape index (κ3) is 4.49. The zero-order chi connectivity index (χ0) is 38.9. The highest BCUT2D eigenvalue weighted by molar-refractivity contribution is 7.99. The van der Waals surface area contributed by atoms with E-state index in [1.54, 1.807) is 6.92 Å². The lowest BCUT2D eigenvalue weighted by atomic mass is 9.68. The Morgan fingerprint density at radius 1 is 1.09 bits per heavy atom. The first-order valence-corrected chi connectivity index (χ1v) is 19.8. The van der Waals surface area contributed by atoms with E-state index < -0.39 is 52.9 Å². The standard InChI is InChI=1S/C41H39N5O9S/c1-17-32(48)22-12-24-25(13-42)46-26-14-52-40(50)41(39-21(10-11-43-41)20-8-6-7-9-23(20)44-39)15-56-38(31(46)30(45(24)4)27(22)33(49)35(17)51-5)29-28(26)37-36(53-16-54-37)18(2)34(29)55-19(3)47/h6-9,24-26,30-31,38,43-44H,10-12,14-16H2,1-5H3/t24?,25-,26-,30?,31?,38+,41+/m0/s1. The zero-order valence-corrected chi connectivity index (χ0v) is 32.3. The van der Waals surface area contributed by atoms with Gasteiger partial charge in [0.1, 0.15) is 18.4 Å². The number of H-pyrrole nitrogens is 1. The fourth-order valence-electron chi connectivity index (χ4n) is 10.6. The molecule has 2 aromatic carbocycles. The van der Waals surface area contributed by atoms with E-state index in [1.807, 2.05) is 38.2 Å². The Balaban J connectivity index is 1.25. The lowest BCUT2D eigenvalue weighted by molar-refractivity contribution is -0.157. The molecule has 1 aromatic heterocycles. The summed E-state index contributed by atoms with van der Waals surface area (Å²) in [4.78, 5) is 64.1. The van der Waals surface area contributed by atoms with Gasteiger partial charge < -0.3 is 28.7 Å². The van der Waals surface area contributed by atoms with Gasteiger partial charge in [-0.2, -0.15) is 5.26 Å². The molecule has 7 aliphatic heterocycles. The number of Topliss-reactive ketones (excluding diaryl/α,β-unsaturated/α-hetero) is 2. The van der Waals surface area contributed by atoms with E-state index in [0.29, 0.717) is 58.1 Å². The Kier molecular flexibility index (Phi) is 7.83. The van der Waals surface area contributed by atoms with E-state index in [-0.39, 0.29) is 48.5 Å². The minimum atomic E-state index is -1.30. The van der Waals surface area contributed by atoms with Crippen molar-refractivity contribution in [1.82, 2.24) is 20.1 Å². The molecule has 3 unspecified atom stereocenters. The molecule has 3 aromatic rings. The Labute approximate surface area is 326 Å². The van der Waals surface area contributed by atoms with Gasteiger partial charge in [-0.15, -0.1) is 11.8 Å². The summed E-state index contributed by atoms with van der Waals surface area (Å²) in [7, 11) is 3.29. The van der Waals surface area contributed by atoms with Crippen molar-refractivity contribution in [3.63, 3.8) is 0 Å². The number of carbonyl (C=O) groups excluding carboxylic acids is 4. The summed E-state index contributed by atoms with van der Waals surface area (Å²) in [6.07, 6.45) is 0.865. The van der Waals surface area contributed by atoms with Crippen LogP contribution in [0.25, 0.3) is 10.9 Å². The topological polar surface area (TPSA) is 173 Å². The molecule has 0 saturated carbocycles. The summed E-state index contributed by atoms with van der Waals surface area (Å²) < 4.78 is 30.4. The number of ketones is 2. The third-order valence-corrected chi connectivity index (χ3v) is 14.4. The van der Waals surface area contributed by atoms with Crippen molar-refractivity contribution >= 4 is 46.2 Å². The van der Waals surface area contributed by atoms with E-state index in [2.05, 4.69) is 26.2 Å². The zero-order valence-electron chi connectivity index (χ0n) is 31.4. The van der Waals surface area contributed by atoms with Crippen LogP contribution in [0.15, 0.2) is 46.7 Å². The van der Waals surface area contributed by atoms with Crippen LogP contribution >= 0.6 is 11.8 Å². The van der Waals surface area contributed by atoms with Crippen molar-refractivity contribution < 1.29 is 42.9 Å². The van der Waals surface area contributed by atoms with Gasteiger partial charge in [-0.05, 0) is 45.4 Å². The SMILES string of the molecule is COC1=C(C)C(=O)C2=C(C1=O)C1C3[C@@H]4SC[C@]5(NCCc6c5[nH]c5ccccc65)C(=O)OC[C@@H](c5c6c(c(C)c(OC(C)=O)c54)OCO6)N3[C@@H](C#N)C(C2)N1C. The van der Waals surface area contributed by atoms with Crippen LogP contribution < -0.4 is 19.5 Å². The molecule has 15 heteroatoms. The summed E-state index contributed by atoms with van der Waals surface area (Å²) in [6.45, 7) is 4.99. The van der Waals surface area contributed by atoms with Crippen LogP contribution in [0.3, 0.4) is 0 Å². The number of nitrogens with one attached hydrogen (secondary N) is 2. The number of hydrogen-bond acceptors (Lipinski definition) is 14. The van der Waals surface area contributed by atoms with Gasteiger partial charge in [0.25, 0.3) is 0 Å². The molecule has 7 atom stereocenters. The number of benzene rings is 2. The second-order valence-corrected chi connectivity index (χ2v) is 16.6. The highest BCUT2D eigenvalue weighted by Gasteiger charge is 2.63. The third-order valence-electron chi connectivity index (χ3n) is 12.9. The molecule has 0 radical (unpaired) electrons. The molecule has 8 heterocycles. The van der Waals surface area contributed by atoms with Crippen molar-refractivity contribution in [3.8, 4) is 23.3 Å². The van der Waals surface area contributed by atoms with Gasteiger partial charge in [0.15, 0.2) is 28.6 Å². The number of piperazine rings is 1. The van der Waals surface area contributed by atoms with Gasteiger partial charge >= 0.3 is 11.9 Å². The first-order chi connectivity index (χ1) is 27.0. The smallest absolute Gasteiger partial charge is 0.333 e. The molecule has 2 saturated heterocycles. The van der Waals surface area contributed by atoms with Crippen LogP contribution in [0.4, 0.5) is 0 Å². The fourth-order valence-corrected chi connectivity index (χ4v) is 12.3. The Morgan fingerprint density at radius 3 is 2.64 bits per heavy atom. The summed E-state index contributed by atoms with van der Waals surface area (Å²) in [5, 5.41) is 15.1. The number of para-hydroxylation sites is 1. The fraction of sp³-hybridized carbons (Fsp3) is 0.439. The average Bonchev–Trinajstić information content (AvgIpc) is 3.83. The molecule has 14 nitrogen and oxygen atoms in total. The van der Waals surface area contributed by atoms with Crippen LogP contribution in [0.1, 0.15) is 59.5 Å². The molecule has 8 aliphatic rings. The van der Waals surface area contributed by atoms with E-state index in [4.69, 9.17) is 23.7 Å². The molecule has 288 valence electrons. The number of rotatable bonds is 2. The molecule has 0 amide bonds. The van der Waals surface area contributed by atoms with Gasteiger partial charge in [-0.1, -0.05) is 18.2 Å². The number of esters is 2. The number of hydrogen-bond donors (Lipinski definition) is 2. The number of likely N-dealkylation sites (N-methyl/N-ethyl adjacent to an activating group) is 1. The average molecular weight is 778 g/mol. The monoisotopic (exact) mass is 777 g/mol. The largest absolute Gasteiger partial charge is 0.492 e. The van der Waals surface area contributed by atoms with Crippen LogP contribution in [0.2, 0.25) is 0 Å². The highest BCUT2D eigenvalue weighted by atomic mass is 32.2. The van der Waals surface area contributed by atoms with Crippen molar-refractivity contribution in [2.75, 3.05) is 39.9 Å². The number of allylic oxidation sites excluding steroid dienone is 2. The van der Waals surface area contributed by atoms with Gasteiger partial charge in [-0.25, -0.2) is 4.79 Å². The molecule has 1 spiro atoms. The summed E-state index contributed by atoms with van der Waals surface area (Å²) >= 11 is 1.46. The minimum absolute atomic E-state index is 0.00178. The Hall–Kier alpha value is -5.14. The lowest BCUT2D eigenvalue weighted by Gasteiger charge is -2.62. The summed E-state index contributed by atoms with van der Waals surface area (Å²) in [5.41, 5.74) is 4.14. The second kappa shape index (κ2) is 12.4. The Bertz CT molecular complexity index is 2450. The number of aromatic amines is 1. The van der Waals surface area contributed by atoms with Gasteiger partial charge in [0.2, 0.25) is 12.6 Å². The molecular formula is C41H39N5O9S. The molecule has 2 fully saturated rings. The van der Waals surface area contributed by atoms with Gasteiger partial charge in [0.05, 0.1) is 36.2 Å². The van der Waals surface area contributed by atoms with Crippen LogP contribution in [0.5, 0.6) is 17.2 Å². The van der Waals surface area contributed by atoms with E-state index in [0.717, 1.165) is 22.2 Å². The summed E-state index contributed by atoms with van der Waals surface area (Å²) in [6, 6.07) is 7.05. The molecule has 2 N–H and O–H groups in total. The maximum Gasteiger partial charge on any atom is 0.333 e. The maximum absolute atomic E-state index is 14.8. The number of aromatic nitrogens is 1. The number of carbonyl (C=O) groups is 4. The van der Waals surface area contributed by atoms with E-state index >= 15 is 0 Å². The van der Waals surface area contributed by atoms with Gasteiger partial charge in [0, 0.05) is 75.6 Å². The molecule has 1 aliphatic carbocycles. The second-order valence-electron chi connectivity index (χ2n) is 15.5. The van der Waals surface area contributed by atoms with Crippen molar-refractivity contribution in [1.29, 1.82) is 5.26 Å². The number of ether oxygens (including phenoxy) is 5. The molecule has 4 bridgehead atoms. The first kappa shape index (κ1) is 35.3. The predicted molar refractivity (Wildman–Crippen MR) is 201 cm³/mol. The molecule has 56 heavy (non-hydrogen) atoms. The number of nitriles is 1. The normalized spacial score (nSPS) is 30.8. The maximum atomic E-state index is 14.8. The van der Waals surface area contributed by atoms with Crippen molar-refractivity contribution in [2.45, 2.75) is 74.6 Å².